The SMILES string of the molecule is CCc1nc(NCC(N)CC(C)C)cc(=O)[nH]1. The molecule has 1 atom stereocenters. The van der Waals surface area contributed by atoms with Gasteiger partial charge in [0.1, 0.15) is 11.6 Å². The summed E-state index contributed by atoms with van der Waals surface area (Å²) >= 11 is 0. The highest BCUT2D eigenvalue weighted by atomic mass is 16.1. The summed E-state index contributed by atoms with van der Waals surface area (Å²) in [5.74, 6) is 1.87. The van der Waals surface area contributed by atoms with Crippen LogP contribution in [-0.4, -0.2) is 22.6 Å². The number of hydrogen-bond donors (Lipinski definition) is 3. The molecular weight excluding hydrogens is 216 g/mol. The molecule has 0 fully saturated rings. The van der Waals surface area contributed by atoms with Gasteiger partial charge in [-0.2, -0.15) is 0 Å². The van der Waals surface area contributed by atoms with Gasteiger partial charge < -0.3 is 16.0 Å². The molecule has 5 nitrogen and oxygen atoms in total. The zero-order chi connectivity index (χ0) is 12.8. The molecule has 0 radical (unpaired) electrons. The number of nitrogens with zero attached hydrogens (tertiary/aromatic N) is 1. The number of nitrogens with two attached hydrogens (primary N) is 1. The monoisotopic (exact) mass is 238 g/mol. The lowest BCUT2D eigenvalue weighted by molar-refractivity contribution is 0.508. The first-order valence-corrected chi connectivity index (χ1v) is 6.11. The molecule has 1 unspecified atom stereocenters. The Morgan fingerprint density at radius 2 is 2.24 bits per heavy atom. The number of aromatic nitrogens is 2. The van der Waals surface area contributed by atoms with E-state index in [0.717, 1.165) is 6.42 Å². The van der Waals surface area contributed by atoms with Gasteiger partial charge in [-0.1, -0.05) is 20.8 Å². The van der Waals surface area contributed by atoms with Gasteiger partial charge in [-0.25, -0.2) is 4.98 Å². The lowest BCUT2D eigenvalue weighted by Gasteiger charge is -2.15. The lowest BCUT2D eigenvalue weighted by Crippen LogP contribution is -2.31. The van der Waals surface area contributed by atoms with E-state index in [1.165, 1.54) is 6.07 Å². The van der Waals surface area contributed by atoms with Gasteiger partial charge >= 0.3 is 0 Å². The van der Waals surface area contributed by atoms with E-state index in [1.54, 1.807) is 0 Å². The molecule has 1 heterocycles. The van der Waals surface area contributed by atoms with Gasteiger partial charge in [-0.05, 0) is 12.3 Å². The van der Waals surface area contributed by atoms with E-state index in [1.807, 2.05) is 6.92 Å². The second kappa shape index (κ2) is 6.39. The first-order chi connectivity index (χ1) is 8.01. The summed E-state index contributed by atoms with van der Waals surface area (Å²) in [6.45, 7) is 6.87. The van der Waals surface area contributed by atoms with Crippen molar-refractivity contribution < 1.29 is 0 Å². The Labute approximate surface area is 102 Å². The third-order valence-corrected chi connectivity index (χ3v) is 2.45. The summed E-state index contributed by atoms with van der Waals surface area (Å²) in [6, 6.07) is 1.54. The molecule has 96 valence electrons. The minimum absolute atomic E-state index is 0.0844. The maximum absolute atomic E-state index is 11.3. The number of rotatable bonds is 6. The number of anilines is 1. The Morgan fingerprint density at radius 3 is 2.82 bits per heavy atom. The molecule has 0 amide bonds. The fraction of sp³-hybridized carbons (Fsp3) is 0.667. The van der Waals surface area contributed by atoms with Crippen LogP contribution < -0.4 is 16.6 Å². The minimum Gasteiger partial charge on any atom is -0.368 e. The molecule has 1 aromatic heterocycles. The van der Waals surface area contributed by atoms with Crippen LogP contribution in [0.1, 0.15) is 33.0 Å². The third kappa shape index (κ3) is 4.99. The van der Waals surface area contributed by atoms with Gasteiger partial charge in [0.2, 0.25) is 0 Å². The van der Waals surface area contributed by atoms with Crippen molar-refractivity contribution in [2.75, 3.05) is 11.9 Å². The van der Waals surface area contributed by atoms with Crippen molar-refractivity contribution in [1.29, 1.82) is 0 Å². The highest BCUT2D eigenvalue weighted by Crippen LogP contribution is 2.04. The fourth-order valence-corrected chi connectivity index (χ4v) is 1.69. The first-order valence-electron chi connectivity index (χ1n) is 6.11. The van der Waals surface area contributed by atoms with Crippen LogP contribution in [0.3, 0.4) is 0 Å². The zero-order valence-electron chi connectivity index (χ0n) is 10.8. The Kier molecular flexibility index (Phi) is 5.15. The largest absolute Gasteiger partial charge is 0.368 e. The highest BCUT2D eigenvalue weighted by Gasteiger charge is 2.06. The molecule has 0 aliphatic carbocycles. The van der Waals surface area contributed by atoms with Gasteiger partial charge in [0.05, 0.1) is 0 Å². The summed E-state index contributed by atoms with van der Waals surface area (Å²) in [5, 5.41) is 3.11. The highest BCUT2D eigenvalue weighted by molar-refractivity contribution is 5.33. The predicted molar refractivity (Wildman–Crippen MR) is 70.2 cm³/mol. The molecular formula is C12H22N4O. The van der Waals surface area contributed by atoms with E-state index < -0.39 is 0 Å². The van der Waals surface area contributed by atoms with Crippen molar-refractivity contribution in [2.24, 2.45) is 11.7 Å². The van der Waals surface area contributed by atoms with Crippen LogP contribution in [0.5, 0.6) is 0 Å². The lowest BCUT2D eigenvalue weighted by atomic mass is 10.0. The molecule has 4 N–H and O–H groups in total. The molecule has 0 aliphatic heterocycles. The van der Waals surface area contributed by atoms with Crippen LogP contribution >= 0.6 is 0 Å². The van der Waals surface area contributed by atoms with E-state index >= 15 is 0 Å². The predicted octanol–water partition coefficient (Wildman–Crippen LogP) is 1.12. The zero-order valence-corrected chi connectivity index (χ0v) is 10.8. The number of nitrogens with one attached hydrogen (secondary N) is 2. The molecule has 0 saturated carbocycles. The van der Waals surface area contributed by atoms with E-state index in [9.17, 15) is 4.79 Å². The quantitative estimate of drug-likeness (QED) is 0.693. The van der Waals surface area contributed by atoms with Crippen molar-refractivity contribution in [3.05, 3.63) is 22.2 Å². The summed E-state index contributed by atoms with van der Waals surface area (Å²) in [5.41, 5.74) is 5.83. The normalized spacial score (nSPS) is 12.8. The van der Waals surface area contributed by atoms with Gasteiger partial charge in [-0.3, -0.25) is 4.79 Å². The van der Waals surface area contributed by atoms with Crippen molar-refractivity contribution in [3.63, 3.8) is 0 Å². The number of hydrogen-bond acceptors (Lipinski definition) is 4. The van der Waals surface area contributed by atoms with E-state index in [-0.39, 0.29) is 11.6 Å². The molecule has 17 heavy (non-hydrogen) atoms. The third-order valence-electron chi connectivity index (χ3n) is 2.45. The molecule has 5 heteroatoms. The first kappa shape index (κ1) is 13.7. The topological polar surface area (TPSA) is 83.8 Å². The number of aryl methyl sites for hydroxylation is 1. The molecule has 1 rings (SSSR count). The van der Waals surface area contributed by atoms with E-state index in [0.29, 0.717) is 30.5 Å². The second-order valence-electron chi connectivity index (χ2n) is 4.70. The van der Waals surface area contributed by atoms with Crippen LogP contribution in [0.2, 0.25) is 0 Å². The van der Waals surface area contributed by atoms with E-state index in [2.05, 4.69) is 29.1 Å². The van der Waals surface area contributed by atoms with Gasteiger partial charge in [-0.15, -0.1) is 0 Å². The van der Waals surface area contributed by atoms with Crippen LogP contribution in [0.25, 0.3) is 0 Å². The average Bonchev–Trinajstić information content (AvgIpc) is 2.24. The van der Waals surface area contributed by atoms with Crippen LogP contribution in [-0.2, 0) is 6.42 Å². The van der Waals surface area contributed by atoms with Gasteiger partial charge in [0.15, 0.2) is 0 Å². The van der Waals surface area contributed by atoms with E-state index in [4.69, 9.17) is 5.73 Å². The molecule has 0 aromatic carbocycles. The van der Waals surface area contributed by atoms with Crippen molar-refractivity contribution in [1.82, 2.24) is 9.97 Å². The molecule has 0 saturated heterocycles. The Bertz CT molecular complexity index is 400. The van der Waals surface area contributed by atoms with Crippen LogP contribution in [0.15, 0.2) is 10.9 Å². The Balaban J connectivity index is 2.57. The van der Waals surface area contributed by atoms with Crippen molar-refractivity contribution in [2.45, 2.75) is 39.7 Å². The smallest absolute Gasteiger partial charge is 0.252 e. The van der Waals surface area contributed by atoms with Crippen molar-refractivity contribution >= 4 is 5.82 Å². The van der Waals surface area contributed by atoms with Crippen LogP contribution in [0, 0.1) is 5.92 Å². The number of H-pyrrole nitrogens is 1. The maximum Gasteiger partial charge on any atom is 0.252 e. The molecule has 0 spiro atoms. The summed E-state index contributed by atoms with van der Waals surface area (Å²) < 4.78 is 0. The molecule has 1 aromatic rings. The van der Waals surface area contributed by atoms with Crippen LogP contribution in [0.4, 0.5) is 5.82 Å². The number of aromatic amines is 1. The average molecular weight is 238 g/mol. The Hall–Kier alpha value is -1.36. The standard InChI is InChI=1S/C12H22N4O/c1-4-10-15-11(6-12(17)16-10)14-7-9(13)5-8(2)3/h6,8-9H,4-5,7,13H2,1-3H3,(H2,14,15,16,17). The van der Waals surface area contributed by atoms with Gasteiger partial charge in [0, 0.05) is 25.1 Å². The van der Waals surface area contributed by atoms with Crippen molar-refractivity contribution in [3.8, 4) is 0 Å². The Morgan fingerprint density at radius 1 is 1.53 bits per heavy atom. The summed E-state index contributed by atoms with van der Waals surface area (Å²) in [7, 11) is 0. The summed E-state index contributed by atoms with van der Waals surface area (Å²) in [4.78, 5) is 18.3. The second-order valence-corrected chi connectivity index (χ2v) is 4.70. The minimum atomic E-state index is -0.128. The summed E-state index contributed by atoms with van der Waals surface area (Å²) in [6.07, 6.45) is 1.67. The van der Waals surface area contributed by atoms with Gasteiger partial charge in [0.25, 0.3) is 5.56 Å². The molecule has 0 aliphatic rings. The fourth-order valence-electron chi connectivity index (χ4n) is 1.69. The molecule has 0 bridgehead atoms. The maximum atomic E-state index is 11.3.